The van der Waals surface area contributed by atoms with E-state index in [0.29, 0.717) is 0 Å². The SMILES string of the molecule is C/C(N)=C/C(=O)OC(C)C(F)(F)F. The second-order valence-corrected chi connectivity index (χ2v) is 2.51. The molecule has 0 fully saturated rings. The van der Waals surface area contributed by atoms with Gasteiger partial charge < -0.3 is 10.5 Å². The summed E-state index contributed by atoms with van der Waals surface area (Å²) in [4.78, 5) is 10.6. The molecule has 0 heterocycles. The molecule has 0 aromatic carbocycles. The molecule has 0 saturated heterocycles. The van der Waals surface area contributed by atoms with Crippen LogP contribution in [-0.4, -0.2) is 18.2 Å². The number of esters is 1. The summed E-state index contributed by atoms with van der Waals surface area (Å²) in [5, 5.41) is 0. The topological polar surface area (TPSA) is 52.3 Å². The van der Waals surface area contributed by atoms with Crippen LogP contribution in [0, 0.1) is 0 Å². The van der Waals surface area contributed by atoms with Gasteiger partial charge in [-0.25, -0.2) is 4.79 Å². The summed E-state index contributed by atoms with van der Waals surface area (Å²) in [6.07, 6.45) is -5.86. The van der Waals surface area contributed by atoms with Gasteiger partial charge in [-0.05, 0) is 13.8 Å². The van der Waals surface area contributed by atoms with Gasteiger partial charge in [-0.2, -0.15) is 13.2 Å². The molecule has 0 aromatic rings. The number of carbonyl (C=O) groups is 1. The highest BCUT2D eigenvalue weighted by Crippen LogP contribution is 2.22. The second kappa shape index (κ2) is 4.15. The highest BCUT2D eigenvalue weighted by atomic mass is 19.4. The Balaban J connectivity index is 4.16. The number of carbonyl (C=O) groups excluding carboxylic acids is 1. The third-order valence-corrected chi connectivity index (χ3v) is 1.10. The molecule has 3 nitrogen and oxygen atoms in total. The molecule has 0 aliphatic rings. The first-order valence-electron chi connectivity index (χ1n) is 3.44. The first-order chi connectivity index (χ1) is 5.73. The Morgan fingerprint density at radius 3 is 2.31 bits per heavy atom. The first-order valence-corrected chi connectivity index (χ1v) is 3.44. The van der Waals surface area contributed by atoms with Crippen molar-refractivity contribution < 1.29 is 22.7 Å². The second-order valence-electron chi connectivity index (χ2n) is 2.51. The fourth-order valence-electron chi connectivity index (χ4n) is 0.461. The molecule has 76 valence electrons. The number of halogens is 3. The molecule has 0 aliphatic heterocycles. The molecule has 0 spiro atoms. The largest absolute Gasteiger partial charge is 0.450 e. The molecule has 2 N–H and O–H groups in total. The van der Waals surface area contributed by atoms with Gasteiger partial charge in [-0.3, -0.25) is 0 Å². The standard InChI is InChI=1S/C7H10F3NO2/c1-4(11)3-6(12)13-5(2)7(8,9)10/h3,5H,11H2,1-2H3/b4-3-. The van der Waals surface area contributed by atoms with Crippen LogP contribution < -0.4 is 5.73 Å². The fourth-order valence-corrected chi connectivity index (χ4v) is 0.461. The van der Waals surface area contributed by atoms with Gasteiger partial charge >= 0.3 is 12.1 Å². The predicted octanol–water partition coefficient (Wildman–Crippen LogP) is 1.34. The number of hydrogen-bond donors (Lipinski definition) is 1. The van der Waals surface area contributed by atoms with E-state index in [1.807, 2.05) is 0 Å². The summed E-state index contributed by atoms with van der Waals surface area (Å²) in [6.45, 7) is 2.12. The van der Waals surface area contributed by atoms with Gasteiger partial charge in [-0.15, -0.1) is 0 Å². The van der Waals surface area contributed by atoms with E-state index in [2.05, 4.69) is 4.74 Å². The molecule has 0 radical (unpaired) electrons. The molecule has 0 aromatic heterocycles. The van der Waals surface area contributed by atoms with Crippen LogP contribution in [0.15, 0.2) is 11.8 Å². The fraction of sp³-hybridized carbons (Fsp3) is 0.571. The maximum atomic E-state index is 11.8. The van der Waals surface area contributed by atoms with Crippen LogP contribution in [0.5, 0.6) is 0 Å². The van der Waals surface area contributed by atoms with Crippen molar-refractivity contribution >= 4 is 5.97 Å². The summed E-state index contributed by atoms with van der Waals surface area (Å²) in [5.41, 5.74) is 5.15. The van der Waals surface area contributed by atoms with E-state index in [1.165, 1.54) is 6.92 Å². The van der Waals surface area contributed by atoms with Crippen molar-refractivity contribution in [2.75, 3.05) is 0 Å². The lowest BCUT2D eigenvalue weighted by atomic mass is 10.4. The Morgan fingerprint density at radius 1 is 1.54 bits per heavy atom. The number of alkyl halides is 3. The quantitative estimate of drug-likeness (QED) is 0.536. The smallest absolute Gasteiger partial charge is 0.425 e. The lowest BCUT2D eigenvalue weighted by molar-refractivity contribution is -0.213. The van der Waals surface area contributed by atoms with Gasteiger partial charge in [0.25, 0.3) is 0 Å². The van der Waals surface area contributed by atoms with Crippen LogP contribution in [-0.2, 0) is 9.53 Å². The molecule has 0 aliphatic carbocycles. The summed E-state index contributed by atoms with van der Waals surface area (Å²) in [5.74, 6) is -1.09. The summed E-state index contributed by atoms with van der Waals surface area (Å²) in [6, 6.07) is 0. The van der Waals surface area contributed by atoms with Gasteiger partial charge in [0.2, 0.25) is 0 Å². The minimum atomic E-state index is -4.54. The van der Waals surface area contributed by atoms with Crippen LogP contribution in [0.4, 0.5) is 13.2 Å². The van der Waals surface area contributed by atoms with E-state index in [9.17, 15) is 18.0 Å². The Labute approximate surface area is 73.4 Å². The molecule has 1 unspecified atom stereocenters. The van der Waals surface area contributed by atoms with Crippen molar-refractivity contribution in [3.63, 3.8) is 0 Å². The lowest BCUT2D eigenvalue weighted by Gasteiger charge is -2.14. The predicted molar refractivity (Wildman–Crippen MR) is 39.6 cm³/mol. The summed E-state index contributed by atoms with van der Waals surface area (Å²) in [7, 11) is 0. The Morgan fingerprint density at radius 2 is 2.00 bits per heavy atom. The normalized spacial score (nSPS) is 15.3. The zero-order valence-electron chi connectivity index (χ0n) is 7.18. The average molecular weight is 197 g/mol. The van der Waals surface area contributed by atoms with Gasteiger partial charge in [0.15, 0.2) is 6.10 Å². The van der Waals surface area contributed by atoms with Crippen molar-refractivity contribution in [3.8, 4) is 0 Å². The average Bonchev–Trinajstić information content (AvgIpc) is 1.82. The number of hydrogen-bond acceptors (Lipinski definition) is 3. The van der Waals surface area contributed by atoms with E-state index in [1.54, 1.807) is 0 Å². The number of allylic oxidation sites excluding steroid dienone is 1. The van der Waals surface area contributed by atoms with Crippen molar-refractivity contribution in [1.82, 2.24) is 0 Å². The lowest BCUT2D eigenvalue weighted by Crippen LogP contribution is -2.30. The van der Waals surface area contributed by atoms with E-state index in [0.717, 1.165) is 13.0 Å². The Hall–Kier alpha value is -1.20. The van der Waals surface area contributed by atoms with Crippen LogP contribution in [0.1, 0.15) is 13.8 Å². The number of nitrogens with two attached hydrogens (primary N) is 1. The van der Waals surface area contributed by atoms with E-state index in [4.69, 9.17) is 5.73 Å². The molecule has 0 saturated carbocycles. The number of rotatable bonds is 2. The maximum absolute atomic E-state index is 11.8. The monoisotopic (exact) mass is 197 g/mol. The van der Waals surface area contributed by atoms with Crippen molar-refractivity contribution in [2.24, 2.45) is 5.73 Å². The van der Waals surface area contributed by atoms with Gasteiger partial charge in [-0.1, -0.05) is 0 Å². The Kier molecular flexibility index (Phi) is 3.77. The highest BCUT2D eigenvalue weighted by molar-refractivity contribution is 5.82. The third kappa shape index (κ3) is 5.10. The Bertz CT molecular complexity index is 218. The van der Waals surface area contributed by atoms with Crippen molar-refractivity contribution in [3.05, 3.63) is 11.8 Å². The van der Waals surface area contributed by atoms with Crippen molar-refractivity contribution in [1.29, 1.82) is 0 Å². The van der Waals surface area contributed by atoms with Gasteiger partial charge in [0.05, 0.1) is 0 Å². The maximum Gasteiger partial charge on any atom is 0.425 e. The first kappa shape index (κ1) is 11.8. The zero-order chi connectivity index (χ0) is 10.6. The van der Waals surface area contributed by atoms with Gasteiger partial charge in [0, 0.05) is 11.8 Å². The molecule has 0 amide bonds. The van der Waals surface area contributed by atoms with Gasteiger partial charge in [0.1, 0.15) is 0 Å². The summed E-state index contributed by atoms with van der Waals surface area (Å²) >= 11 is 0. The minimum absolute atomic E-state index is 0.0966. The van der Waals surface area contributed by atoms with Crippen LogP contribution in [0.2, 0.25) is 0 Å². The molecule has 1 atom stereocenters. The minimum Gasteiger partial charge on any atom is -0.450 e. The van der Waals surface area contributed by atoms with Crippen LogP contribution in [0.25, 0.3) is 0 Å². The van der Waals surface area contributed by atoms with E-state index < -0.39 is 18.2 Å². The molecular formula is C7H10F3NO2. The third-order valence-electron chi connectivity index (χ3n) is 1.10. The van der Waals surface area contributed by atoms with Crippen molar-refractivity contribution in [2.45, 2.75) is 26.1 Å². The molecule has 13 heavy (non-hydrogen) atoms. The van der Waals surface area contributed by atoms with Crippen LogP contribution >= 0.6 is 0 Å². The van der Waals surface area contributed by atoms with Crippen LogP contribution in [0.3, 0.4) is 0 Å². The highest BCUT2D eigenvalue weighted by Gasteiger charge is 2.38. The molecule has 0 bridgehead atoms. The van der Waals surface area contributed by atoms with E-state index in [-0.39, 0.29) is 5.70 Å². The number of ether oxygens (including phenoxy) is 1. The molecule has 6 heteroatoms. The molecular weight excluding hydrogens is 187 g/mol. The molecule has 0 rings (SSSR count). The zero-order valence-corrected chi connectivity index (χ0v) is 7.18. The van der Waals surface area contributed by atoms with E-state index >= 15 is 0 Å². The summed E-state index contributed by atoms with van der Waals surface area (Å²) < 4.78 is 39.5.